The molecule has 1 aromatic rings. The SMILES string of the molecule is CC1(C)CCCC1NCCc1ccc([N+](=O)[O-])cc1. The minimum atomic E-state index is -0.358. The fourth-order valence-corrected chi connectivity index (χ4v) is 2.88. The monoisotopic (exact) mass is 262 g/mol. The van der Waals surface area contributed by atoms with Gasteiger partial charge in [0.25, 0.3) is 5.69 Å². The molecule has 0 spiro atoms. The molecule has 2 rings (SSSR count). The number of hydrogen-bond donors (Lipinski definition) is 1. The summed E-state index contributed by atoms with van der Waals surface area (Å²) >= 11 is 0. The molecule has 0 heterocycles. The molecular formula is C15H22N2O2. The van der Waals surface area contributed by atoms with E-state index in [1.165, 1.54) is 19.3 Å². The fourth-order valence-electron chi connectivity index (χ4n) is 2.88. The molecule has 0 aliphatic heterocycles. The highest BCUT2D eigenvalue weighted by atomic mass is 16.6. The lowest BCUT2D eigenvalue weighted by Gasteiger charge is -2.28. The number of hydrogen-bond acceptors (Lipinski definition) is 3. The summed E-state index contributed by atoms with van der Waals surface area (Å²) in [5, 5.41) is 14.2. The Kier molecular flexibility index (Phi) is 4.20. The quantitative estimate of drug-likeness (QED) is 0.654. The third kappa shape index (κ3) is 3.53. The van der Waals surface area contributed by atoms with Crippen LogP contribution in [-0.4, -0.2) is 17.5 Å². The molecule has 1 fully saturated rings. The van der Waals surface area contributed by atoms with Gasteiger partial charge in [0.05, 0.1) is 4.92 Å². The molecule has 1 saturated carbocycles. The van der Waals surface area contributed by atoms with Crippen molar-refractivity contribution in [3.05, 3.63) is 39.9 Å². The summed E-state index contributed by atoms with van der Waals surface area (Å²) in [5.74, 6) is 0. The number of nitrogens with one attached hydrogen (secondary N) is 1. The second-order valence-electron chi connectivity index (χ2n) is 6.06. The van der Waals surface area contributed by atoms with Gasteiger partial charge < -0.3 is 5.32 Å². The van der Waals surface area contributed by atoms with E-state index >= 15 is 0 Å². The second kappa shape index (κ2) is 5.70. The van der Waals surface area contributed by atoms with Crippen molar-refractivity contribution in [2.24, 2.45) is 5.41 Å². The summed E-state index contributed by atoms with van der Waals surface area (Å²) in [6.45, 7) is 5.58. The lowest BCUT2D eigenvalue weighted by atomic mass is 9.87. The van der Waals surface area contributed by atoms with Crippen molar-refractivity contribution < 1.29 is 4.92 Å². The molecule has 1 aromatic carbocycles. The molecule has 1 aliphatic rings. The normalized spacial score (nSPS) is 21.5. The molecule has 1 unspecified atom stereocenters. The van der Waals surface area contributed by atoms with Gasteiger partial charge in [-0.05, 0) is 36.8 Å². The van der Waals surface area contributed by atoms with Crippen molar-refractivity contribution in [2.45, 2.75) is 45.6 Å². The molecule has 0 radical (unpaired) electrons. The first kappa shape index (κ1) is 14.0. The van der Waals surface area contributed by atoms with E-state index in [1.54, 1.807) is 12.1 Å². The predicted molar refractivity (Wildman–Crippen MR) is 76.2 cm³/mol. The standard InChI is InChI=1S/C15H22N2O2/c1-15(2)10-3-4-14(15)16-11-9-12-5-7-13(8-6-12)17(18)19/h5-8,14,16H,3-4,9-11H2,1-2H3. The number of benzene rings is 1. The van der Waals surface area contributed by atoms with Gasteiger partial charge in [-0.25, -0.2) is 0 Å². The molecule has 4 heteroatoms. The van der Waals surface area contributed by atoms with Crippen molar-refractivity contribution in [2.75, 3.05) is 6.54 Å². The summed E-state index contributed by atoms with van der Waals surface area (Å²) in [4.78, 5) is 10.2. The molecule has 1 aliphatic carbocycles. The number of non-ortho nitro benzene ring substituents is 1. The van der Waals surface area contributed by atoms with Crippen LogP contribution >= 0.6 is 0 Å². The van der Waals surface area contributed by atoms with E-state index in [2.05, 4.69) is 19.2 Å². The van der Waals surface area contributed by atoms with Crippen LogP contribution in [0.4, 0.5) is 5.69 Å². The molecule has 1 atom stereocenters. The number of nitro groups is 1. The van der Waals surface area contributed by atoms with E-state index < -0.39 is 0 Å². The summed E-state index contributed by atoms with van der Waals surface area (Å²) in [5.41, 5.74) is 1.71. The Bertz CT molecular complexity index is 440. The number of nitrogens with zero attached hydrogens (tertiary/aromatic N) is 1. The zero-order valence-corrected chi connectivity index (χ0v) is 11.7. The van der Waals surface area contributed by atoms with E-state index in [0.29, 0.717) is 11.5 Å². The first-order valence-corrected chi connectivity index (χ1v) is 6.96. The Morgan fingerprint density at radius 2 is 2.05 bits per heavy atom. The van der Waals surface area contributed by atoms with Gasteiger partial charge >= 0.3 is 0 Å². The minimum Gasteiger partial charge on any atom is -0.313 e. The number of nitro benzene ring substituents is 1. The van der Waals surface area contributed by atoms with Gasteiger partial charge in [0.2, 0.25) is 0 Å². The third-order valence-corrected chi connectivity index (χ3v) is 4.21. The summed E-state index contributed by atoms with van der Waals surface area (Å²) in [6.07, 6.45) is 4.78. The van der Waals surface area contributed by atoms with Crippen LogP contribution in [0.1, 0.15) is 38.7 Å². The summed E-state index contributed by atoms with van der Waals surface area (Å²) < 4.78 is 0. The molecule has 0 aromatic heterocycles. The lowest BCUT2D eigenvalue weighted by Crippen LogP contribution is -2.38. The molecule has 4 nitrogen and oxygen atoms in total. The van der Waals surface area contributed by atoms with Crippen molar-refractivity contribution in [1.29, 1.82) is 0 Å². The van der Waals surface area contributed by atoms with Crippen LogP contribution in [-0.2, 0) is 6.42 Å². The van der Waals surface area contributed by atoms with Gasteiger partial charge in [-0.3, -0.25) is 10.1 Å². The highest BCUT2D eigenvalue weighted by molar-refractivity contribution is 5.32. The van der Waals surface area contributed by atoms with Crippen LogP contribution in [0, 0.1) is 15.5 Å². The van der Waals surface area contributed by atoms with Crippen LogP contribution in [0.15, 0.2) is 24.3 Å². The van der Waals surface area contributed by atoms with E-state index in [9.17, 15) is 10.1 Å². The minimum absolute atomic E-state index is 0.161. The van der Waals surface area contributed by atoms with Crippen molar-refractivity contribution in [3.63, 3.8) is 0 Å². The smallest absolute Gasteiger partial charge is 0.269 e. The van der Waals surface area contributed by atoms with E-state index in [4.69, 9.17) is 0 Å². The maximum atomic E-state index is 10.6. The van der Waals surface area contributed by atoms with Crippen molar-refractivity contribution >= 4 is 5.69 Å². The van der Waals surface area contributed by atoms with Gasteiger partial charge in [-0.15, -0.1) is 0 Å². The number of rotatable bonds is 5. The van der Waals surface area contributed by atoms with Gasteiger partial charge in [-0.1, -0.05) is 32.4 Å². The van der Waals surface area contributed by atoms with Gasteiger partial charge in [0.15, 0.2) is 0 Å². The topological polar surface area (TPSA) is 55.2 Å². The second-order valence-corrected chi connectivity index (χ2v) is 6.06. The molecular weight excluding hydrogens is 240 g/mol. The van der Waals surface area contributed by atoms with Crippen molar-refractivity contribution in [3.8, 4) is 0 Å². The summed E-state index contributed by atoms with van der Waals surface area (Å²) in [7, 11) is 0. The molecule has 0 bridgehead atoms. The molecule has 1 N–H and O–H groups in total. The van der Waals surface area contributed by atoms with Gasteiger partial charge in [-0.2, -0.15) is 0 Å². The maximum Gasteiger partial charge on any atom is 0.269 e. The van der Waals surface area contributed by atoms with E-state index in [0.717, 1.165) is 18.5 Å². The predicted octanol–water partition coefficient (Wildman–Crippen LogP) is 3.31. The Morgan fingerprint density at radius 3 is 2.58 bits per heavy atom. The van der Waals surface area contributed by atoms with E-state index in [-0.39, 0.29) is 10.6 Å². The average Bonchev–Trinajstić information content (AvgIpc) is 2.69. The van der Waals surface area contributed by atoms with Crippen LogP contribution in [0.5, 0.6) is 0 Å². The Labute approximate surface area is 114 Å². The zero-order chi connectivity index (χ0) is 13.9. The molecule has 0 amide bonds. The average molecular weight is 262 g/mol. The molecule has 19 heavy (non-hydrogen) atoms. The van der Waals surface area contributed by atoms with Crippen LogP contribution in [0.3, 0.4) is 0 Å². The highest BCUT2D eigenvalue weighted by Crippen LogP contribution is 2.37. The van der Waals surface area contributed by atoms with Crippen LogP contribution in [0.25, 0.3) is 0 Å². The largest absolute Gasteiger partial charge is 0.313 e. The Balaban J connectivity index is 1.81. The highest BCUT2D eigenvalue weighted by Gasteiger charge is 2.33. The fraction of sp³-hybridized carbons (Fsp3) is 0.600. The first-order chi connectivity index (χ1) is 8.99. The molecule has 0 saturated heterocycles. The Hall–Kier alpha value is -1.42. The van der Waals surface area contributed by atoms with Crippen LogP contribution < -0.4 is 5.32 Å². The van der Waals surface area contributed by atoms with Gasteiger partial charge in [0.1, 0.15) is 0 Å². The van der Waals surface area contributed by atoms with E-state index in [1.807, 2.05) is 12.1 Å². The Morgan fingerprint density at radius 1 is 1.37 bits per heavy atom. The van der Waals surface area contributed by atoms with Gasteiger partial charge in [0, 0.05) is 18.2 Å². The zero-order valence-electron chi connectivity index (χ0n) is 11.7. The first-order valence-electron chi connectivity index (χ1n) is 6.96. The lowest BCUT2D eigenvalue weighted by molar-refractivity contribution is -0.384. The maximum absolute atomic E-state index is 10.6. The summed E-state index contributed by atoms with van der Waals surface area (Å²) in [6, 6.07) is 7.45. The van der Waals surface area contributed by atoms with Crippen molar-refractivity contribution in [1.82, 2.24) is 5.32 Å². The third-order valence-electron chi connectivity index (χ3n) is 4.21. The van der Waals surface area contributed by atoms with Crippen LogP contribution in [0.2, 0.25) is 0 Å². The molecule has 104 valence electrons.